The molecule has 1 rings (SSSR count). The molecular formula is C11H16O4. The summed E-state index contributed by atoms with van der Waals surface area (Å²) in [4.78, 5) is 11.2. The molecule has 0 fully saturated rings. The molecule has 1 aromatic rings. The third-order valence-corrected chi connectivity index (χ3v) is 1.88. The van der Waals surface area contributed by atoms with Gasteiger partial charge in [-0.3, -0.25) is 4.79 Å². The lowest BCUT2D eigenvalue weighted by molar-refractivity contribution is -0.149. The van der Waals surface area contributed by atoms with Crippen molar-refractivity contribution < 1.29 is 18.7 Å². The first-order valence-electron chi connectivity index (χ1n) is 5.00. The number of rotatable bonds is 6. The first-order valence-corrected chi connectivity index (χ1v) is 5.00. The molecule has 0 bridgehead atoms. The Morgan fingerprint density at radius 3 is 3.00 bits per heavy atom. The normalized spacial score (nSPS) is 12.4. The van der Waals surface area contributed by atoms with Crippen molar-refractivity contribution in [3.8, 4) is 0 Å². The van der Waals surface area contributed by atoms with Crippen LogP contribution in [0.3, 0.4) is 0 Å². The monoisotopic (exact) mass is 212 g/mol. The van der Waals surface area contributed by atoms with Gasteiger partial charge >= 0.3 is 5.97 Å². The first kappa shape index (κ1) is 11.8. The molecule has 4 heteroatoms. The second-order valence-corrected chi connectivity index (χ2v) is 3.25. The van der Waals surface area contributed by atoms with Crippen molar-refractivity contribution in [3.63, 3.8) is 0 Å². The molecule has 0 spiro atoms. The van der Waals surface area contributed by atoms with Gasteiger partial charge in [0.25, 0.3) is 0 Å². The van der Waals surface area contributed by atoms with Gasteiger partial charge in [-0.1, -0.05) is 0 Å². The number of ether oxygens (including phenoxy) is 2. The number of hydrogen-bond acceptors (Lipinski definition) is 4. The lowest BCUT2D eigenvalue weighted by Crippen LogP contribution is -2.19. The van der Waals surface area contributed by atoms with Crippen molar-refractivity contribution in [2.75, 3.05) is 13.2 Å². The molecule has 1 unspecified atom stereocenters. The maximum absolute atomic E-state index is 11.2. The van der Waals surface area contributed by atoms with Gasteiger partial charge in [0.15, 0.2) is 0 Å². The third-order valence-electron chi connectivity index (χ3n) is 1.88. The van der Waals surface area contributed by atoms with Crippen LogP contribution in [0.25, 0.3) is 0 Å². The van der Waals surface area contributed by atoms with Crippen LogP contribution < -0.4 is 0 Å². The quantitative estimate of drug-likeness (QED) is 0.677. The summed E-state index contributed by atoms with van der Waals surface area (Å²) in [6.45, 7) is 4.70. The molecule has 1 aromatic heterocycles. The molecule has 0 aliphatic heterocycles. The topological polar surface area (TPSA) is 48.7 Å². The van der Waals surface area contributed by atoms with E-state index >= 15 is 0 Å². The van der Waals surface area contributed by atoms with E-state index < -0.39 is 0 Å². The fraction of sp³-hybridized carbons (Fsp3) is 0.545. The maximum Gasteiger partial charge on any atom is 0.310 e. The minimum Gasteiger partial charge on any atom is -0.467 e. The van der Waals surface area contributed by atoms with Gasteiger partial charge in [-0.05, 0) is 26.0 Å². The standard InChI is InChI=1S/C11H16O4/c1-3-14-11(12)9(2)7-13-8-10-5-4-6-15-10/h4-6,9H,3,7-8H2,1-2H3. The van der Waals surface area contributed by atoms with Crippen LogP contribution in [0.1, 0.15) is 19.6 Å². The number of esters is 1. The van der Waals surface area contributed by atoms with Gasteiger partial charge in [-0.2, -0.15) is 0 Å². The molecule has 0 radical (unpaired) electrons. The zero-order valence-electron chi connectivity index (χ0n) is 9.06. The van der Waals surface area contributed by atoms with Gasteiger partial charge < -0.3 is 13.9 Å². The molecule has 1 atom stereocenters. The first-order chi connectivity index (χ1) is 7.24. The van der Waals surface area contributed by atoms with Crippen LogP contribution in [-0.4, -0.2) is 19.2 Å². The van der Waals surface area contributed by atoms with E-state index in [-0.39, 0.29) is 11.9 Å². The van der Waals surface area contributed by atoms with Crippen molar-refractivity contribution in [1.82, 2.24) is 0 Å². The number of carbonyl (C=O) groups is 1. The van der Waals surface area contributed by atoms with Crippen LogP contribution in [0.15, 0.2) is 22.8 Å². The molecule has 1 heterocycles. The summed E-state index contributed by atoms with van der Waals surface area (Å²) >= 11 is 0. The molecule has 0 aromatic carbocycles. The molecule has 0 N–H and O–H groups in total. The van der Waals surface area contributed by atoms with Crippen LogP contribution >= 0.6 is 0 Å². The van der Waals surface area contributed by atoms with Crippen LogP contribution in [0, 0.1) is 5.92 Å². The van der Waals surface area contributed by atoms with Crippen LogP contribution in [0.2, 0.25) is 0 Å². The third kappa shape index (κ3) is 4.16. The highest BCUT2D eigenvalue weighted by Gasteiger charge is 2.13. The summed E-state index contributed by atoms with van der Waals surface area (Å²) in [6, 6.07) is 3.63. The summed E-state index contributed by atoms with van der Waals surface area (Å²) in [5, 5.41) is 0. The summed E-state index contributed by atoms with van der Waals surface area (Å²) in [5.74, 6) is 0.294. The average molecular weight is 212 g/mol. The Bertz CT molecular complexity index is 279. The second kappa shape index (κ2) is 6.24. The van der Waals surface area contributed by atoms with Gasteiger partial charge in [0, 0.05) is 0 Å². The Kier molecular flexibility index (Phi) is 4.90. The minimum absolute atomic E-state index is 0.225. The van der Waals surface area contributed by atoms with E-state index in [0.717, 1.165) is 5.76 Å². The molecule has 0 amide bonds. The van der Waals surface area contributed by atoms with E-state index in [1.54, 1.807) is 26.2 Å². The fourth-order valence-electron chi connectivity index (χ4n) is 1.08. The van der Waals surface area contributed by atoms with Gasteiger partial charge in [0.1, 0.15) is 12.4 Å². The maximum atomic E-state index is 11.2. The molecule has 0 saturated heterocycles. The molecule has 84 valence electrons. The Balaban J connectivity index is 2.17. The largest absolute Gasteiger partial charge is 0.467 e. The predicted octanol–water partition coefficient (Wildman–Crippen LogP) is 2.00. The second-order valence-electron chi connectivity index (χ2n) is 3.25. The highest BCUT2D eigenvalue weighted by Crippen LogP contribution is 2.05. The number of furan rings is 1. The molecule has 0 saturated carbocycles. The SMILES string of the molecule is CCOC(=O)C(C)COCc1ccco1. The Hall–Kier alpha value is -1.29. The van der Waals surface area contributed by atoms with Gasteiger partial charge in [-0.25, -0.2) is 0 Å². The van der Waals surface area contributed by atoms with Gasteiger partial charge in [-0.15, -0.1) is 0 Å². The lowest BCUT2D eigenvalue weighted by Gasteiger charge is -2.09. The summed E-state index contributed by atoms with van der Waals surface area (Å²) < 4.78 is 15.2. The van der Waals surface area contributed by atoms with E-state index in [1.165, 1.54) is 0 Å². The Morgan fingerprint density at radius 1 is 1.60 bits per heavy atom. The van der Waals surface area contributed by atoms with Gasteiger partial charge in [0.05, 0.1) is 25.4 Å². The van der Waals surface area contributed by atoms with Crippen LogP contribution in [0.5, 0.6) is 0 Å². The Labute approximate surface area is 89.2 Å². The summed E-state index contributed by atoms with van der Waals surface area (Å²) in [7, 11) is 0. The summed E-state index contributed by atoms with van der Waals surface area (Å²) in [5.41, 5.74) is 0. The van der Waals surface area contributed by atoms with Crippen LogP contribution in [0.4, 0.5) is 0 Å². The minimum atomic E-state index is -0.236. The van der Waals surface area contributed by atoms with Crippen molar-refractivity contribution in [2.45, 2.75) is 20.5 Å². The van der Waals surface area contributed by atoms with E-state index in [2.05, 4.69) is 0 Å². The van der Waals surface area contributed by atoms with Crippen molar-refractivity contribution in [2.24, 2.45) is 5.92 Å². The lowest BCUT2D eigenvalue weighted by atomic mass is 10.2. The molecule has 0 aliphatic rings. The predicted molar refractivity (Wildman–Crippen MR) is 54.2 cm³/mol. The Morgan fingerprint density at radius 2 is 2.40 bits per heavy atom. The van der Waals surface area contributed by atoms with E-state index in [4.69, 9.17) is 13.9 Å². The summed E-state index contributed by atoms with van der Waals surface area (Å²) in [6.07, 6.45) is 1.59. The highest BCUT2D eigenvalue weighted by molar-refractivity contribution is 5.72. The van der Waals surface area contributed by atoms with Crippen LogP contribution in [-0.2, 0) is 20.9 Å². The smallest absolute Gasteiger partial charge is 0.310 e. The molecule has 4 nitrogen and oxygen atoms in total. The van der Waals surface area contributed by atoms with Crippen molar-refractivity contribution in [3.05, 3.63) is 24.2 Å². The molecule has 0 aliphatic carbocycles. The number of hydrogen-bond donors (Lipinski definition) is 0. The highest BCUT2D eigenvalue weighted by atomic mass is 16.5. The fourth-order valence-corrected chi connectivity index (χ4v) is 1.08. The zero-order valence-corrected chi connectivity index (χ0v) is 9.06. The van der Waals surface area contributed by atoms with E-state index in [0.29, 0.717) is 19.8 Å². The molecular weight excluding hydrogens is 196 g/mol. The van der Waals surface area contributed by atoms with Crippen molar-refractivity contribution in [1.29, 1.82) is 0 Å². The van der Waals surface area contributed by atoms with Gasteiger partial charge in [0.2, 0.25) is 0 Å². The van der Waals surface area contributed by atoms with Crippen molar-refractivity contribution >= 4 is 5.97 Å². The van der Waals surface area contributed by atoms with E-state index in [9.17, 15) is 4.79 Å². The number of carbonyl (C=O) groups excluding carboxylic acids is 1. The molecule has 15 heavy (non-hydrogen) atoms. The van der Waals surface area contributed by atoms with E-state index in [1.807, 2.05) is 6.07 Å². The zero-order chi connectivity index (χ0) is 11.1. The average Bonchev–Trinajstić information content (AvgIpc) is 2.71.